The molecule has 0 saturated carbocycles. The Morgan fingerprint density at radius 2 is 1.46 bits per heavy atom. The van der Waals surface area contributed by atoms with Crippen LogP contribution in [-0.4, -0.2) is 41.6 Å². The maximum Gasteiger partial charge on any atom is 0.326 e. The van der Waals surface area contributed by atoms with Crippen molar-refractivity contribution in [2.45, 2.75) is 51.0 Å². The summed E-state index contributed by atoms with van der Waals surface area (Å²) in [6.45, 7) is 2.78. The number of ether oxygens (including phenoxy) is 1. The molecule has 3 aromatic carbocycles. The van der Waals surface area contributed by atoms with E-state index >= 15 is 0 Å². The first-order valence-electron chi connectivity index (χ1n) is 12.3. The molecule has 0 radical (unpaired) electrons. The lowest BCUT2D eigenvalue weighted by Crippen LogP contribution is -2.43. The normalized spacial score (nSPS) is 11.7. The second kappa shape index (κ2) is 13.3. The predicted molar refractivity (Wildman–Crippen MR) is 139 cm³/mol. The molecule has 35 heavy (non-hydrogen) atoms. The van der Waals surface area contributed by atoms with E-state index in [1.54, 1.807) is 7.05 Å². The van der Waals surface area contributed by atoms with Gasteiger partial charge >= 0.3 is 5.97 Å². The molecule has 5 heteroatoms. The number of nitrogens with zero attached hydrogens (tertiary/aromatic N) is 1. The zero-order valence-corrected chi connectivity index (χ0v) is 20.6. The second-order valence-corrected chi connectivity index (χ2v) is 8.82. The van der Waals surface area contributed by atoms with Crippen molar-refractivity contribution in [3.8, 4) is 5.75 Å². The lowest BCUT2D eigenvalue weighted by Gasteiger charge is -2.26. The van der Waals surface area contributed by atoms with E-state index in [2.05, 4.69) is 31.2 Å². The van der Waals surface area contributed by atoms with E-state index in [0.29, 0.717) is 13.0 Å². The maximum atomic E-state index is 13.1. The molecule has 0 saturated heterocycles. The van der Waals surface area contributed by atoms with E-state index in [-0.39, 0.29) is 24.7 Å². The van der Waals surface area contributed by atoms with Crippen LogP contribution in [0, 0.1) is 0 Å². The Labute approximate surface area is 208 Å². The molecule has 0 aliphatic heterocycles. The molecule has 1 unspecified atom stereocenters. The number of carbonyl (C=O) groups is 2. The zero-order valence-electron chi connectivity index (χ0n) is 20.6. The van der Waals surface area contributed by atoms with Crippen LogP contribution in [0.1, 0.15) is 55.2 Å². The molecule has 3 aromatic rings. The van der Waals surface area contributed by atoms with Gasteiger partial charge in [-0.2, -0.15) is 0 Å². The molecule has 1 amide bonds. The summed E-state index contributed by atoms with van der Waals surface area (Å²) in [6, 6.07) is 26.8. The summed E-state index contributed by atoms with van der Waals surface area (Å²) < 4.78 is 5.69. The highest BCUT2D eigenvalue weighted by molar-refractivity contribution is 5.83. The van der Waals surface area contributed by atoms with Gasteiger partial charge in [-0.25, -0.2) is 4.79 Å². The summed E-state index contributed by atoms with van der Waals surface area (Å²) in [7, 11) is 1.59. The summed E-state index contributed by atoms with van der Waals surface area (Å²) in [5.74, 6) is -0.342. The van der Waals surface area contributed by atoms with E-state index in [1.165, 1.54) is 4.90 Å². The summed E-state index contributed by atoms with van der Waals surface area (Å²) in [5.41, 5.74) is 3.14. The van der Waals surface area contributed by atoms with Gasteiger partial charge < -0.3 is 14.7 Å². The fourth-order valence-electron chi connectivity index (χ4n) is 4.18. The number of carboxylic acid groups (broad SMARTS) is 1. The van der Waals surface area contributed by atoms with Crippen LogP contribution in [0.25, 0.3) is 0 Å². The highest BCUT2D eigenvalue weighted by atomic mass is 16.5. The first-order valence-corrected chi connectivity index (χ1v) is 12.3. The van der Waals surface area contributed by atoms with Gasteiger partial charge in [0, 0.05) is 25.8 Å². The Morgan fingerprint density at radius 3 is 1.97 bits per heavy atom. The maximum absolute atomic E-state index is 13.1. The third-order valence-electron chi connectivity index (χ3n) is 6.32. The summed E-state index contributed by atoms with van der Waals surface area (Å²) >= 11 is 0. The number of aliphatic carboxylic acids is 1. The van der Waals surface area contributed by atoms with Crippen molar-refractivity contribution in [3.63, 3.8) is 0 Å². The van der Waals surface area contributed by atoms with Crippen molar-refractivity contribution in [1.29, 1.82) is 0 Å². The monoisotopic (exact) mass is 473 g/mol. The molecule has 0 fully saturated rings. The third-order valence-corrected chi connectivity index (χ3v) is 6.32. The van der Waals surface area contributed by atoms with Gasteiger partial charge in [-0.3, -0.25) is 4.79 Å². The number of hydrogen-bond acceptors (Lipinski definition) is 3. The van der Waals surface area contributed by atoms with E-state index in [0.717, 1.165) is 35.3 Å². The van der Waals surface area contributed by atoms with Gasteiger partial charge in [0.15, 0.2) is 0 Å². The van der Waals surface area contributed by atoms with E-state index in [1.807, 2.05) is 60.7 Å². The second-order valence-electron chi connectivity index (χ2n) is 8.82. The molecule has 1 N–H and O–H groups in total. The van der Waals surface area contributed by atoms with E-state index in [9.17, 15) is 14.7 Å². The molecule has 0 spiro atoms. The molecule has 0 aliphatic carbocycles. The molecule has 0 bridgehead atoms. The molecular weight excluding hydrogens is 438 g/mol. The molecule has 3 rings (SSSR count). The van der Waals surface area contributed by atoms with Crippen LogP contribution >= 0.6 is 0 Å². The molecule has 1 atom stereocenters. The zero-order chi connectivity index (χ0) is 25.0. The van der Waals surface area contributed by atoms with Crippen LogP contribution in [0.15, 0.2) is 84.9 Å². The van der Waals surface area contributed by atoms with Crippen molar-refractivity contribution in [1.82, 2.24) is 4.90 Å². The quantitative estimate of drug-likeness (QED) is 0.312. The Bertz CT molecular complexity index is 1010. The smallest absolute Gasteiger partial charge is 0.326 e. The van der Waals surface area contributed by atoms with Crippen molar-refractivity contribution >= 4 is 11.9 Å². The predicted octanol–water partition coefficient (Wildman–Crippen LogP) is 5.93. The van der Waals surface area contributed by atoms with Crippen LogP contribution < -0.4 is 4.74 Å². The van der Waals surface area contributed by atoms with Crippen LogP contribution in [0.2, 0.25) is 0 Å². The van der Waals surface area contributed by atoms with Gasteiger partial charge in [0.2, 0.25) is 5.91 Å². The number of amides is 1. The van der Waals surface area contributed by atoms with Gasteiger partial charge in [-0.1, -0.05) is 86.1 Å². The highest BCUT2D eigenvalue weighted by Crippen LogP contribution is 2.29. The van der Waals surface area contributed by atoms with Crippen molar-refractivity contribution in [2.75, 3.05) is 13.7 Å². The number of hydrogen-bond donors (Lipinski definition) is 1. The van der Waals surface area contributed by atoms with Crippen LogP contribution in [0.4, 0.5) is 0 Å². The number of carbonyl (C=O) groups excluding carboxylic acids is 1. The molecule has 0 aliphatic rings. The molecule has 0 aromatic heterocycles. The first-order chi connectivity index (χ1) is 17.0. The van der Waals surface area contributed by atoms with Crippen LogP contribution in [0.3, 0.4) is 0 Å². The number of rotatable bonds is 13. The van der Waals surface area contributed by atoms with E-state index < -0.39 is 12.0 Å². The standard InChI is InChI=1S/C30H35NO4/c1-3-4-21-35-26-17-15-23(16-18-26)22-28(30(33)34)31(2)29(32)20-19-27(24-11-7-5-8-12-24)25-13-9-6-10-14-25/h5-18,27-28H,3-4,19-22H2,1-2H3,(H,33,34). The average Bonchev–Trinajstić information content (AvgIpc) is 2.89. The fourth-order valence-corrected chi connectivity index (χ4v) is 4.18. The number of unbranched alkanes of at least 4 members (excludes halogenated alkanes) is 1. The Morgan fingerprint density at radius 1 is 0.886 bits per heavy atom. The minimum absolute atomic E-state index is 0.0679. The lowest BCUT2D eigenvalue weighted by atomic mass is 9.87. The van der Waals surface area contributed by atoms with Crippen molar-refractivity contribution in [2.24, 2.45) is 0 Å². The van der Waals surface area contributed by atoms with Gasteiger partial charge in [-0.05, 0) is 41.7 Å². The summed E-state index contributed by atoms with van der Waals surface area (Å²) in [5, 5.41) is 9.87. The minimum Gasteiger partial charge on any atom is -0.494 e. The molecule has 5 nitrogen and oxygen atoms in total. The summed E-state index contributed by atoms with van der Waals surface area (Å²) in [6.07, 6.45) is 3.17. The first kappa shape index (κ1) is 26.0. The topological polar surface area (TPSA) is 66.8 Å². The van der Waals surface area contributed by atoms with Gasteiger partial charge in [0.25, 0.3) is 0 Å². The van der Waals surface area contributed by atoms with Gasteiger partial charge in [0.05, 0.1) is 6.61 Å². The number of likely N-dealkylation sites (N-methyl/N-ethyl adjacent to an activating group) is 1. The fraction of sp³-hybridized carbons (Fsp3) is 0.333. The molecule has 184 valence electrons. The van der Waals surface area contributed by atoms with Gasteiger partial charge in [-0.15, -0.1) is 0 Å². The Kier molecular flexibility index (Phi) is 9.91. The highest BCUT2D eigenvalue weighted by Gasteiger charge is 2.27. The Balaban J connectivity index is 1.65. The minimum atomic E-state index is -1.01. The molecular formula is C30H35NO4. The molecule has 0 heterocycles. The van der Waals surface area contributed by atoms with Crippen LogP contribution in [-0.2, 0) is 16.0 Å². The summed E-state index contributed by atoms with van der Waals surface area (Å²) in [4.78, 5) is 26.5. The third kappa shape index (κ3) is 7.71. The van der Waals surface area contributed by atoms with Crippen molar-refractivity contribution < 1.29 is 19.4 Å². The number of benzene rings is 3. The average molecular weight is 474 g/mol. The lowest BCUT2D eigenvalue weighted by molar-refractivity contribution is -0.149. The SMILES string of the molecule is CCCCOc1ccc(CC(C(=O)O)N(C)C(=O)CCC(c2ccccc2)c2ccccc2)cc1. The van der Waals surface area contributed by atoms with Crippen molar-refractivity contribution in [3.05, 3.63) is 102 Å². The Hall–Kier alpha value is -3.60. The van der Waals surface area contributed by atoms with E-state index in [4.69, 9.17) is 4.74 Å². The largest absolute Gasteiger partial charge is 0.494 e. The van der Waals surface area contributed by atoms with Gasteiger partial charge in [0.1, 0.15) is 11.8 Å². The van der Waals surface area contributed by atoms with Crippen LogP contribution in [0.5, 0.6) is 5.75 Å². The number of carboxylic acids is 1.